The van der Waals surface area contributed by atoms with Gasteiger partial charge in [0.05, 0.1) is 7.11 Å². The van der Waals surface area contributed by atoms with Gasteiger partial charge in [0.1, 0.15) is 17.5 Å². The predicted molar refractivity (Wildman–Crippen MR) is 81.9 cm³/mol. The number of methoxy groups -OCH3 is 1. The lowest BCUT2D eigenvalue weighted by molar-refractivity contribution is 0.386. The number of rotatable bonds is 5. The van der Waals surface area contributed by atoms with Gasteiger partial charge < -0.3 is 15.4 Å². The van der Waals surface area contributed by atoms with Crippen LogP contribution in [0.2, 0.25) is 0 Å². The van der Waals surface area contributed by atoms with E-state index in [0.29, 0.717) is 11.5 Å². The largest absolute Gasteiger partial charge is 0.494 e. The van der Waals surface area contributed by atoms with Crippen LogP contribution >= 0.6 is 0 Å². The molecule has 0 unspecified atom stereocenters. The molecule has 5 nitrogen and oxygen atoms in total. The van der Waals surface area contributed by atoms with Crippen molar-refractivity contribution >= 4 is 17.3 Å². The lowest BCUT2D eigenvalue weighted by Gasteiger charge is -2.14. The van der Waals surface area contributed by atoms with Crippen LogP contribution in [-0.2, 0) is 6.42 Å². The molecule has 21 heavy (non-hydrogen) atoms. The molecule has 2 rings (SSSR count). The van der Waals surface area contributed by atoms with Crippen molar-refractivity contribution in [2.24, 2.45) is 0 Å². The number of benzene rings is 1. The standard InChI is InChI=1S/C15H19FN4O/c1-5-13-19-14(17-3)9(2)15(20-13)18-10-6-7-12(21-4)11(16)8-10/h6-8H,5H2,1-4H3,(H2,17,18,19,20). The Labute approximate surface area is 123 Å². The van der Waals surface area contributed by atoms with Gasteiger partial charge in [-0.25, -0.2) is 14.4 Å². The van der Waals surface area contributed by atoms with Crippen molar-refractivity contribution in [3.63, 3.8) is 0 Å². The molecule has 2 aromatic rings. The Balaban J connectivity index is 2.36. The summed E-state index contributed by atoms with van der Waals surface area (Å²) in [6, 6.07) is 4.70. The van der Waals surface area contributed by atoms with Crippen molar-refractivity contribution in [2.75, 3.05) is 24.8 Å². The van der Waals surface area contributed by atoms with Gasteiger partial charge in [0, 0.05) is 30.8 Å². The van der Waals surface area contributed by atoms with Gasteiger partial charge >= 0.3 is 0 Å². The maximum atomic E-state index is 13.7. The number of hydrogen-bond acceptors (Lipinski definition) is 5. The Bertz CT molecular complexity index is 646. The van der Waals surface area contributed by atoms with Gasteiger partial charge in [0.15, 0.2) is 11.6 Å². The van der Waals surface area contributed by atoms with Gasteiger partial charge in [-0.15, -0.1) is 0 Å². The Morgan fingerprint density at radius 1 is 1.24 bits per heavy atom. The fourth-order valence-corrected chi connectivity index (χ4v) is 1.97. The van der Waals surface area contributed by atoms with Crippen molar-refractivity contribution in [1.82, 2.24) is 9.97 Å². The predicted octanol–water partition coefficient (Wildman–Crippen LogP) is 3.28. The number of anilines is 3. The molecule has 0 aliphatic rings. The van der Waals surface area contributed by atoms with E-state index in [1.54, 1.807) is 12.1 Å². The molecule has 0 amide bonds. The van der Waals surface area contributed by atoms with E-state index in [1.165, 1.54) is 13.2 Å². The summed E-state index contributed by atoms with van der Waals surface area (Å²) in [5, 5.41) is 6.17. The Kier molecular flexibility index (Phi) is 4.57. The first-order chi connectivity index (χ1) is 10.1. The SMILES string of the molecule is CCc1nc(NC)c(C)c(Nc2ccc(OC)c(F)c2)n1. The van der Waals surface area contributed by atoms with Crippen molar-refractivity contribution in [2.45, 2.75) is 20.3 Å². The van der Waals surface area contributed by atoms with Gasteiger partial charge in [-0.05, 0) is 19.1 Å². The molecule has 0 aliphatic carbocycles. The fraction of sp³-hybridized carbons (Fsp3) is 0.333. The third-order valence-corrected chi connectivity index (χ3v) is 3.16. The number of nitrogens with zero attached hydrogens (tertiary/aromatic N) is 2. The van der Waals surface area contributed by atoms with Crippen molar-refractivity contribution in [3.05, 3.63) is 35.4 Å². The average molecular weight is 290 g/mol. The van der Waals surface area contributed by atoms with Crippen molar-refractivity contribution < 1.29 is 9.13 Å². The second-order valence-electron chi connectivity index (χ2n) is 4.54. The minimum Gasteiger partial charge on any atom is -0.494 e. The number of halogens is 1. The molecule has 112 valence electrons. The van der Waals surface area contributed by atoms with Gasteiger partial charge in [0.2, 0.25) is 0 Å². The highest BCUT2D eigenvalue weighted by molar-refractivity contribution is 5.65. The topological polar surface area (TPSA) is 59.1 Å². The van der Waals surface area contributed by atoms with E-state index in [1.807, 2.05) is 20.9 Å². The molecule has 0 bridgehead atoms. The van der Waals surface area contributed by atoms with Crippen LogP contribution < -0.4 is 15.4 Å². The van der Waals surface area contributed by atoms with Gasteiger partial charge in [0.25, 0.3) is 0 Å². The van der Waals surface area contributed by atoms with Crippen molar-refractivity contribution in [3.8, 4) is 5.75 Å². The molecule has 0 saturated heterocycles. The highest BCUT2D eigenvalue weighted by atomic mass is 19.1. The van der Waals surface area contributed by atoms with E-state index in [-0.39, 0.29) is 5.75 Å². The van der Waals surface area contributed by atoms with Crippen LogP contribution in [0.1, 0.15) is 18.3 Å². The van der Waals surface area contributed by atoms with Crippen LogP contribution in [0.4, 0.5) is 21.7 Å². The number of aryl methyl sites for hydroxylation is 1. The van der Waals surface area contributed by atoms with E-state index >= 15 is 0 Å². The molecule has 0 spiro atoms. The van der Waals surface area contributed by atoms with E-state index in [2.05, 4.69) is 20.6 Å². The van der Waals surface area contributed by atoms with Crippen molar-refractivity contribution in [1.29, 1.82) is 0 Å². The van der Waals surface area contributed by atoms with Crippen LogP contribution in [-0.4, -0.2) is 24.1 Å². The molecule has 0 radical (unpaired) electrons. The first kappa shape index (κ1) is 15.0. The van der Waals surface area contributed by atoms with Crippen LogP contribution in [0, 0.1) is 12.7 Å². The first-order valence-corrected chi connectivity index (χ1v) is 6.74. The zero-order chi connectivity index (χ0) is 15.4. The zero-order valence-electron chi connectivity index (χ0n) is 12.6. The Hall–Kier alpha value is -2.37. The highest BCUT2D eigenvalue weighted by Crippen LogP contribution is 2.26. The molecule has 0 aliphatic heterocycles. The molecule has 1 aromatic heterocycles. The van der Waals surface area contributed by atoms with E-state index in [4.69, 9.17) is 4.74 Å². The normalized spacial score (nSPS) is 10.3. The average Bonchev–Trinajstić information content (AvgIpc) is 2.49. The molecular weight excluding hydrogens is 271 g/mol. The summed E-state index contributed by atoms with van der Waals surface area (Å²) in [5.41, 5.74) is 1.49. The minimum absolute atomic E-state index is 0.213. The lowest BCUT2D eigenvalue weighted by atomic mass is 10.2. The van der Waals surface area contributed by atoms with Crippen LogP contribution in [0.5, 0.6) is 5.75 Å². The second-order valence-corrected chi connectivity index (χ2v) is 4.54. The summed E-state index contributed by atoms with van der Waals surface area (Å²) >= 11 is 0. The number of ether oxygens (including phenoxy) is 1. The molecule has 0 fully saturated rings. The van der Waals surface area contributed by atoms with E-state index in [9.17, 15) is 4.39 Å². The molecule has 1 aromatic carbocycles. The second kappa shape index (κ2) is 6.39. The zero-order valence-corrected chi connectivity index (χ0v) is 12.6. The summed E-state index contributed by atoms with van der Waals surface area (Å²) in [6.07, 6.45) is 0.723. The van der Waals surface area contributed by atoms with E-state index < -0.39 is 5.82 Å². The maximum Gasteiger partial charge on any atom is 0.167 e. The summed E-state index contributed by atoms with van der Waals surface area (Å²) < 4.78 is 18.6. The Morgan fingerprint density at radius 3 is 2.52 bits per heavy atom. The summed E-state index contributed by atoms with van der Waals surface area (Å²) in [4.78, 5) is 8.85. The van der Waals surface area contributed by atoms with Gasteiger partial charge in [-0.3, -0.25) is 0 Å². The maximum absolute atomic E-state index is 13.7. The van der Waals surface area contributed by atoms with Crippen LogP contribution in [0.3, 0.4) is 0 Å². The number of nitrogens with one attached hydrogen (secondary N) is 2. The van der Waals surface area contributed by atoms with Gasteiger partial charge in [-0.1, -0.05) is 6.92 Å². The molecule has 2 N–H and O–H groups in total. The molecule has 6 heteroatoms. The summed E-state index contributed by atoms with van der Waals surface area (Å²) in [6.45, 7) is 3.90. The van der Waals surface area contributed by atoms with Crippen LogP contribution in [0.15, 0.2) is 18.2 Å². The first-order valence-electron chi connectivity index (χ1n) is 6.74. The fourth-order valence-electron chi connectivity index (χ4n) is 1.97. The molecule has 1 heterocycles. The third-order valence-electron chi connectivity index (χ3n) is 3.16. The number of aromatic nitrogens is 2. The minimum atomic E-state index is -0.418. The van der Waals surface area contributed by atoms with Crippen LogP contribution in [0.25, 0.3) is 0 Å². The smallest absolute Gasteiger partial charge is 0.167 e. The quantitative estimate of drug-likeness (QED) is 0.885. The molecule has 0 saturated carbocycles. The Morgan fingerprint density at radius 2 is 1.95 bits per heavy atom. The summed E-state index contributed by atoms with van der Waals surface area (Å²) in [5.74, 6) is 1.94. The lowest BCUT2D eigenvalue weighted by Crippen LogP contribution is -2.07. The number of hydrogen-bond donors (Lipinski definition) is 2. The third kappa shape index (κ3) is 3.21. The van der Waals surface area contributed by atoms with Gasteiger partial charge in [-0.2, -0.15) is 0 Å². The monoisotopic (exact) mass is 290 g/mol. The summed E-state index contributed by atoms with van der Waals surface area (Å²) in [7, 11) is 3.25. The molecular formula is C15H19FN4O. The van der Waals surface area contributed by atoms with E-state index in [0.717, 1.165) is 23.6 Å². The highest BCUT2D eigenvalue weighted by Gasteiger charge is 2.10. The molecule has 0 atom stereocenters.